The molecule has 1 fully saturated rings. The molecule has 0 spiro atoms. The Morgan fingerprint density at radius 1 is 1.24 bits per heavy atom. The summed E-state index contributed by atoms with van der Waals surface area (Å²) in [6.07, 6.45) is 1.76. The summed E-state index contributed by atoms with van der Waals surface area (Å²) in [5.74, 6) is 0.200. The van der Waals surface area contributed by atoms with Crippen LogP contribution in [-0.2, 0) is 11.3 Å². The van der Waals surface area contributed by atoms with Crippen LogP contribution in [0.1, 0.15) is 24.0 Å². The van der Waals surface area contributed by atoms with Crippen LogP contribution < -0.4 is 5.32 Å². The Morgan fingerprint density at radius 3 is 2.64 bits per heavy atom. The van der Waals surface area contributed by atoms with Gasteiger partial charge >= 0.3 is 0 Å². The van der Waals surface area contributed by atoms with E-state index in [0.29, 0.717) is 0 Å². The zero-order valence-electron chi connectivity index (χ0n) is 14.3. The van der Waals surface area contributed by atoms with E-state index in [1.54, 1.807) is 0 Å². The van der Waals surface area contributed by atoms with Gasteiger partial charge in [0.05, 0.1) is 0 Å². The third-order valence-electron chi connectivity index (χ3n) is 4.74. The first-order valence-corrected chi connectivity index (χ1v) is 9.73. The van der Waals surface area contributed by atoms with Gasteiger partial charge in [-0.15, -0.1) is 0 Å². The lowest BCUT2D eigenvalue weighted by atomic mass is 9.95. The van der Waals surface area contributed by atoms with Gasteiger partial charge in [-0.1, -0.05) is 45.7 Å². The topological polar surface area (TPSA) is 32.3 Å². The normalized spacial score (nSPS) is 16.0. The summed E-state index contributed by atoms with van der Waals surface area (Å²) in [5.41, 5.74) is 3.13. The number of carbonyl (C=O) groups is 1. The molecule has 1 saturated heterocycles. The molecule has 2 aromatic rings. The lowest BCUT2D eigenvalue weighted by molar-refractivity contribution is -0.121. The minimum Gasteiger partial charge on any atom is -0.326 e. The Hall–Kier alpha value is -1.36. The number of nitrogens with one attached hydrogen (secondary N) is 1. The van der Waals surface area contributed by atoms with Crippen LogP contribution in [0.2, 0.25) is 5.02 Å². The fraction of sp³-hybridized carbons (Fsp3) is 0.350. The third kappa shape index (κ3) is 4.84. The predicted octanol–water partition coefficient (Wildman–Crippen LogP) is 5.26. The molecule has 1 N–H and O–H groups in total. The van der Waals surface area contributed by atoms with Crippen molar-refractivity contribution in [1.82, 2.24) is 4.90 Å². The minimum absolute atomic E-state index is 0.0754. The van der Waals surface area contributed by atoms with E-state index in [2.05, 4.69) is 32.2 Å². The first-order valence-electron chi connectivity index (χ1n) is 8.55. The summed E-state index contributed by atoms with van der Waals surface area (Å²) in [5, 5.41) is 3.87. The van der Waals surface area contributed by atoms with Crippen molar-refractivity contribution < 1.29 is 4.79 Å². The van der Waals surface area contributed by atoms with E-state index in [4.69, 9.17) is 11.6 Å². The molecule has 5 heteroatoms. The molecule has 0 unspecified atom stereocenters. The summed E-state index contributed by atoms with van der Waals surface area (Å²) in [4.78, 5) is 14.9. The number of halogens is 2. The largest absolute Gasteiger partial charge is 0.326 e. The van der Waals surface area contributed by atoms with Crippen molar-refractivity contribution in [1.29, 1.82) is 0 Å². The second kappa shape index (κ2) is 8.35. The van der Waals surface area contributed by atoms with Gasteiger partial charge in [-0.05, 0) is 68.2 Å². The molecule has 3 rings (SSSR count). The minimum atomic E-state index is 0.0754. The molecule has 1 heterocycles. The van der Waals surface area contributed by atoms with Gasteiger partial charge in [-0.2, -0.15) is 0 Å². The quantitative estimate of drug-likeness (QED) is 0.730. The van der Waals surface area contributed by atoms with Gasteiger partial charge in [0.25, 0.3) is 0 Å². The van der Waals surface area contributed by atoms with Crippen LogP contribution in [0.25, 0.3) is 0 Å². The summed E-state index contributed by atoms with van der Waals surface area (Å²) in [6.45, 7) is 4.71. The van der Waals surface area contributed by atoms with Crippen molar-refractivity contribution in [3.05, 3.63) is 63.1 Å². The van der Waals surface area contributed by atoms with E-state index < -0.39 is 0 Å². The van der Waals surface area contributed by atoms with Crippen LogP contribution in [0, 0.1) is 12.8 Å². The van der Waals surface area contributed by atoms with Crippen LogP contribution in [0.15, 0.2) is 46.9 Å². The highest BCUT2D eigenvalue weighted by Crippen LogP contribution is 2.24. The molecule has 1 aliphatic heterocycles. The standard InChI is InChI=1S/C20H22BrClN2O/c1-14-12-17(6-7-18(14)21)23-20(25)15-8-10-24(11-9-15)13-16-4-2-3-5-19(16)22/h2-7,12,15H,8-11,13H2,1H3,(H,23,25). The van der Waals surface area contributed by atoms with Gasteiger partial charge in [0, 0.05) is 27.6 Å². The highest BCUT2D eigenvalue weighted by atomic mass is 79.9. The highest BCUT2D eigenvalue weighted by molar-refractivity contribution is 9.10. The average Bonchev–Trinajstić information content (AvgIpc) is 2.61. The number of rotatable bonds is 4. The van der Waals surface area contributed by atoms with Gasteiger partial charge < -0.3 is 5.32 Å². The molecule has 1 amide bonds. The molecule has 3 nitrogen and oxygen atoms in total. The number of nitrogens with zero attached hydrogens (tertiary/aromatic N) is 1. The van der Waals surface area contributed by atoms with Crippen molar-refractivity contribution in [3.8, 4) is 0 Å². The molecule has 1 aliphatic rings. The third-order valence-corrected chi connectivity index (χ3v) is 5.99. The Balaban J connectivity index is 1.52. The zero-order valence-corrected chi connectivity index (χ0v) is 16.6. The van der Waals surface area contributed by atoms with Crippen molar-refractivity contribution in [2.45, 2.75) is 26.3 Å². The zero-order chi connectivity index (χ0) is 17.8. The molecule has 0 radical (unpaired) electrons. The number of anilines is 1. The molecule has 132 valence electrons. The van der Waals surface area contributed by atoms with Crippen molar-refractivity contribution in [3.63, 3.8) is 0 Å². The van der Waals surface area contributed by atoms with Gasteiger partial charge in [-0.3, -0.25) is 9.69 Å². The molecular formula is C20H22BrClN2O. The van der Waals surface area contributed by atoms with Gasteiger partial charge in [-0.25, -0.2) is 0 Å². The lowest BCUT2D eigenvalue weighted by Gasteiger charge is -2.31. The number of carbonyl (C=O) groups excluding carboxylic acids is 1. The molecular weight excluding hydrogens is 400 g/mol. The maximum absolute atomic E-state index is 12.5. The smallest absolute Gasteiger partial charge is 0.227 e. The average molecular weight is 422 g/mol. The van der Waals surface area contributed by atoms with Crippen LogP contribution in [0.3, 0.4) is 0 Å². The van der Waals surface area contributed by atoms with Crippen molar-refractivity contribution in [2.24, 2.45) is 5.92 Å². The Bertz CT molecular complexity index is 757. The maximum atomic E-state index is 12.5. The lowest BCUT2D eigenvalue weighted by Crippen LogP contribution is -2.37. The van der Waals surface area contributed by atoms with E-state index in [1.807, 2.05) is 43.3 Å². The van der Waals surface area contributed by atoms with Crippen LogP contribution in [0.4, 0.5) is 5.69 Å². The summed E-state index contributed by atoms with van der Waals surface area (Å²) < 4.78 is 1.05. The fourth-order valence-corrected chi connectivity index (χ4v) is 3.63. The molecule has 25 heavy (non-hydrogen) atoms. The fourth-order valence-electron chi connectivity index (χ4n) is 3.19. The molecule has 0 bridgehead atoms. The van der Waals surface area contributed by atoms with E-state index in [1.165, 1.54) is 0 Å². The van der Waals surface area contributed by atoms with Gasteiger partial charge in [0.2, 0.25) is 5.91 Å². The second-order valence-electron chi connectivity index (χ2n) is 6.60. The Labute approximate surface area is 162 Å². The van der Waals surface area contributed by atoms with Crippen LogP contribution >= 0.6 is 27.5 Å². The van der Waals surface area contributed by atoms with E-state index in [0.717, 1.165) is 58.8 Å². The van der Waals surface area contributed by atoms with E-state index >= 15 is 0 Å². The number of aryl methyl sites for hydroxylation is 1. The summed E-state index contributed by atoms with van der Waals surface area (Å²) >= 11 is 9.73. The molecule has 0 atom stereocenters. The number of hydrogen-bond donors (Lipinski definition) is 1. The van der Waals surface area contributed by atoms with E-state index in [-0.39, 0.29) is 11.8 Å². The number of amides is 1. The van der Waals surface area contributed by atoms with E-state index in [9.17, 15) is 4.79 Å². The summed E-state index contributed by atoms with van der Waals surface area (Å²) in [6, 6.07) is 13.9. The number of benzene rings is 2. The van der Waals surface area contributed by atoms with Gasteiger partial charge in [0.1, 0.15) is 0 Å². The first-order chi connectivity index (χ1) is 12.0. The highest BCUT2D eigenvalue weighted by Gasteiger charge is 2.25. The summed E-state index contributed by atoms with van der Waals surface area (Å²) in [7, 11) is 0. The van der Waals surface area contributed by atoms with Crippen LogP contribution in [0.5, 0.6) is 0 Å². The maximum Gasteiger partial charge on any atom is 0.227 e. The Morgan fingerprint density at radius 2 is 1.96 bits per heavy atom. The molecule has 2 aromatic carbocycles. The number of piperidine rings is 1. The SMILES string of the molecule is Cc1cc(NC(=O)C2CCN(Cc3ccccc3Cl)CC2)ccc1Br. The van der Waals surface area contributed by atoms with Crippen LogP contribution in [-0.4, -0.2) is 23.9 Å². The molecule has 0 saturated carbocycles. The number of hydrogen-bond acceptors (Lipinski definition) is 2. The first kappa shape index (κ1) is 18.4. The molecule has 0 aliphatic carbocycles. The van der Waals surface area contributed by atoms with Crippen molar-refractivity contribution in [2.75, 3.05) is 18.4 Å². The Kier molecular flexibility index (Phi) is 6.15. The van der Waals surface area contributed by atoms with Gasteiger partial charge in [0.15, 0.2) is 0 Å². The second-order valence-corrected chi connectivity index (χ2v) is 7.86. The number of likely N-dealkylation sites (tertiary alicyclic amines) is 1. The van der Waals surface area contributed by atoms with Crippen molar-refractivity contribution >= 4 is 39.1 Å². The molecule has 0 aromatic heterocycles. The predicted molar refractivity (Wildman–Crippen MR) is 107 cm³/mol. The monoisotopic (exact) mass is 420 g/mol.